The van der Waals surface area contributed by atoms with Crippen molar-refractivity contribution in [2.24, 2.45) is 23.7 Å². The predicted molar refractivity (Wildman–Crippen MR) is 116 cm³/mol. The molecule has 1 heterocycles. The van der Waals surface area contributed by atoms with Crippen molar-refractivity contribution < 1.29 is 9.59 Å². The molecule has 4 aliphatic rings. The molecule has 2 bridgehead atoms. The summed E-state index contributed by atoms with van der Waals surface area (Å²) in [5, 5.41) is 0.275. The van der Waals surface area contributed by atoms with Crippen LogP contribution in [0.15, 0.2) is 40.4 Å². The van der Waals surface area contributed by atoms with Gasteiger partial charge in [-0.15, -0.1) is 23.2 Å². The maximum Gasteiger partial charge on any atom is 0.233 e. The van der Waals surface area contributed by atoms with Crippen molar-refractivity contribution in [3.05, 3.63) is 46.0 Å². The summed E-state index contributed by atoms with van der Waals surface area (Å²) in [6.45, 7) is 0.244. The van der Waals surface area contributed by atoms with Gasteiger partial charge in [-0.05, 0) is 30.2 Å². The van der Waals surface area contributed by atoms with E-state index in [2.05, 4.69) is 0 Å². The van der Waals surface area contributed by atoms with E-state index in [1.54, 1.807) is 0 Å². The standard InChI is InChI=1S/C20H15Cl6NO2/c21-14-15(22)19(24)13-7-11-10(6-12(13)18(14,23)20(19,25)26)16(28)27(17(11)29)8-9-4-2-1-3-5-9/h1-5,10-13H,6-8H2/t10-,11-,12-,13+,18-,19-/m0/s1. The molecule has 2 amide bonds. The summed E-state index contributed by atoms with van der Waals surface area (Å²) in [5.74, 6) is -2.10. The lowest BCUT2D eigenvalue weighted by molar-refractivity contribution is -0.140. The number of benzene rings is 1. The van der Waals surface area contributed by atoms with Crippen LogP contribution in [-0.2, 0) is 16.1 Å². The van der Waals surface area contributed by atoms with E-state index in [9.17, 15) is 9.59 Å². The van der Waals surface area contributed by atoms with Crippen LogP contribution in [0.2, 0.25) is 0 Å². The first-order valence-electron chi connectivity index (χ1n) is 9.27. The van der Waals surface area contributed by atoms with Gasteiger partial charge in [0.25, 0.3) is 0 Å². The van der Waals surface area contributed by atoms with Gasteiger partial charge in [-0.3, -0.25) is 14.5 Å². The molecule has 0 N–H and O–H groups in total. The lowest BCUT2D eigenvalue weighted by Gasteiger charge is -2.42. The summed E-state index contributed by atoms with van der Waals surface area (Å²) < 4.78 is -1.64. The van der Waals surface area contributed by atoms with E-state index in [0.717, 1.165) is 5.56 Å². The van der Waals surface area contributed by atoms with Crippen LogP contribution in [0.4, 0.5) is 0 Å². The summed E-state index contributed by atoms with van der Waals surface area (Å²) in [6, 6.07) is 9.41. The minimum Gasteiger partial charge on any atom is -0.278 e. The molecule has 0 radical (unpaired) electrons. The van der Waals surface area contributed by atoms with Crippen molar-refractivity contribution in [2.45, 2.75) is 33.5 Å². The van der Waals surface area contributed by atoms with Gasteiger partial charge in [0.2, 0.25) is 11.8 Å². The molecule has 2 saturated carbocycles. The van der Waals surface area contributed by atoms with Gasteiger partial charge in [0.15, 0.2) is 4.33 Å². The van der Waals surface area contributed by atoms with Gasteiger partial charge in [0.05, 0.1) is 28.4 Å². The summed E-state index contributed by atoms with van der Waals surface area (Å²) in [5.41, 5.74) is 0.893. The number of carbonyl (C=O) groups excluding carboxylic acids is 2. The fraction of sp³-hybridized carbons (Fsp3) is 0.500. The molecule has 3 nitrogen and oxygen atoms in total. The van der Waals surface area contributed by atoms with Crippen molar-refractivity contribution >= 4 is 81.4 Å². The highest BCUT2D eigenvalue weighted by atomic mass is 35.5. The maximum atomic E-state index is 13.1. The molecule has 3 fully saturated rings. The van der Waals surface area contributed by atoms with Gasteiger partial charge in [-0.1, -0.05) is 76.7 Å². The van der Waals surface area contributed by atoms with Gasteiger partial charge >= 0.3 is 0 Å². The molecule has 9 heteroatoms. The topological polar surface area (TPSA) is 37.4 Å². The second-order valence-corrected chi connectivity index (χ2v) is 11.5. The fourth-order valence-electron chi connectivity index (χ4n) is 5.71. The summed E-state index contributed by atoms with van der Waals surface area (Å²) in [6.07, 6.45) is 0.676. The molecule has 5 rings (SSSR count). The SMILES string of the molecule is O=C1[C@H]2C[C@@H]3[C@H](C[C@@H]2C(=O)N1Cc1ccccc1)[C@]1(Cl)C(Cl)=C(Cl)[C@]3(Cl)C1(Cl)Cl. The van der Waals surface area contributed by atoms with Crippen molar-refractivity contribution in [3.63, 3.8) is 0 Å². The normalized spacial score (nSPS) is 42.5. The molecule has 154 valence electrons. The molecule has 1 saturated heterocycles. The van der Waals surface area contributed by atoms with E-state index >= 15 is 0 Å². The first-order valence-corrected chi connectivity index (χ1v) is 11.5. The number of hydrogen-bond donors (Lipinski definition) is 0. The number of fused-ring (bicyclic) bond motifs is 6. The number of allylic oxidation sites excluding steroid dienone is 2. The Kier molecular flexibility index (Phi) is 4.60. The Morgan fingerprint density at radius 1 is 0.828 bits per heavy atom. The van der Waals surface area contributed by atoms with Crippen molar-refractivity contribution in [2.75, 3.05) is 0 Å². The highest BCUT2D eigenvalue weighted by molar-refractivity contribution is 6.65. The first-order chi connectivity index (χ1) is 13.6. The molecule has 0 unspecified atom stereocenters. The third-order valence-electron chi connectivity index (χ3n) is 7.10. The van der Waals surface area contributed by atoms with Crippen LogP contribution in [0, 0.1) is 23.7 Å². The zero-order valence-electron chi connectivity index (χ0n) is 14.8. The monoisotopic (exact) mass is 511 g/mol. The Bertz CT molecular complexity index is 911. The molecule has 0 aromatic heterocycles. The Morgan fingerprint density at radius 2 is 1.28 bits per heavy atom. The molecule has 1 aromatic carbocycles. The van der Waals surface area contributed by atoms with Gasteiger partial charge < -0.3 is 0 Å². The van der Waals surface area contributed by atoms with Gasteiger partial charge in [0, 0.05) is 0 Å². The summed E-state index contributed by atoms with van der Waals surface area (Å²) in [4.78, 5) is 24.8. The number of imide groups is 1. The number of halogens is 6. The molecule has 1 aliphatic heterocycles. The zero-order valence-corrected chi connectivity index (χ0v) is 19.4. The molecular formula is C20H15Cl6NO2. The van der Waals surface area contributed by atoms with Crippen molar-refractivity contribution in [1.29, 1.82) is 0 Å². The second kappa shape index (κ2) is 6.43. The van der Waals surface area contributed by atoms with E-state index in [1.807, 2.05) is 30.3 Å². The molecule has 0 spiro atoms. The van der Waals surface area contributed by atoms with Gasteiger partial charge in [-0.25, -0.2) is 0 Å². The largest absolute Gasteiger partial charge is 0.278 e. The number of nitrogens with zero attached hydrogens (tertiary/aromatic N) is 1. The minimum atomic E-state index is -1.64. The Morgan fingerprint density at radius 3 is 1.72 bits per heavy atom. The van der Waals surface area contributed by atoms with Gasteiger partial charge in [-0.2, -0.15) is 0 Å². The molecule has 29 heavy (non-hydrogen) atoms. The van der Waals surface area contributed by atoms with Crippen LogP contribution in [0.3, 0.4) is 0 Å². The van der Waals surface area contributed by atoms with E-state index in [0.29, 0.717) is 12.8 Å². The number of rotatable bonds is 2. The van der Waals surface area contributed by atoms with Crippen LogP contribution in [-0.4, -0.2) is 30.8 Å². The summed E-state index contributed by atoms with van der Waals surface area (Å²) >= 11 is 40.0. The van der Waals surface area contributed by atoms with E-state index in [4.69, 9.17) is 69.6 Å². The van der Waals surface area contributed by atoms with E-state index in [-0.39, 0.29) is 40.3 Å². The van der Waals surface area contributed by atoms with Crippen molar-refractivity contribution in [1.82, 2.24) is 4.90 Å². The predicted octanol–water partition coefficient (Wildman–Crippen LogP) is 5.66. The number of carbonyl (C=O) groups is 2. The number of likely N-dealkylation sites (tertiary alicyclic amines) is 1. The number of alkyl halides is 4. The lowest BCUT2D eigenvalue weighted by atomic mass is 9.65. The smallest absolute Gasteiger partial charge is 0.233 e. The average Bonchev–Trinajstić information content (AvgIpc) is 3.05. The second-order valence-electron chi connectivity index (χ2n) is 8.27. The molecular weight excluding hydrogens is 499 g/mol. The molecule has 6 atom stereocenters. The third-order valence-corrected chi connectivity index (χ3v) is 11.5. The molecule has 3 aliphatic carbocycles. The maximum absolute atomic E-state index is 13.1. The van der Waals surface area contributed by atoms with Crippen LogP contribution in [0.5, 0.6) is 0 Å². The minimum absolute atomic E-state index is 0.137. The Hall–Kier alpha value is -0.160. The van der Waals surface area contributed by atoms with Crippen LogP contribution in [0.1, 0.15) is 18.4 Å². The van der Waals surface area contributed by atoms with Gasteiger partial charge in [0.1, 0.15) is 9.75 Å². The quantitative estimate of drug-likeness (QED) is 0.378. The lowest BCUT2D eigenvalue weighted by Crippen LogP contribution is -2.44. The van der Waals surface area contributed by atoms with E-state index in [1.165, 1.54) is 4.90 Å². The zero-order chi connectivity index (χ0) is 20.9. The average molecular weight is 514 g/mol. The van der Waals surface area contributed by atoms with E-state index < -0.39 is 25.9 Å². The highest BCUT2D eigenvalue weighted by Crippen LogP contribution is 2.79. The first kappa shape index (κ1) is 20.7. The highest BCUT2D eigenvalue weighted by Gasteiger charge is 2.83. The Labute approximate surface area is 198 Å². The van der Waals surface area contributed by atoms with Crippen LogP contribution >= 0.6 is 69.6 Å². The number of hydrogen-bond acceptors (Lipinski definition) is 2. The third kappa shape index (κ3) is 2.30. The van der Waals surface area contributed by atoms with Crippen LogP contribution in [0.25, 0.3) is 0 Å². The Balaban J connectivity index is 1.50. The fourth-order valence-corrected chi connectivity index (χ4v) is 8.82. The van der Waals surface area contributed by atoms with Crippen molar-refractivity contribution in [3.8, 4) is 0 Å². The van der Waals surface area contributed by atoms with Crippen LogP contribution < -0.4 is 0 Å². The summed E-state index contributed by atoms with van der Waals surface area (Å²) in [7, 11) is 0. The molecule has 1 aromatic rings. The number of amides is 2.